The van der Waals surface area contributed by atoms with Crippen LogP contribution in [0.1, 0.15) is 11.1 Å². The number of benzene rings is 3. The molecule has 1 heterocycles. The number of hydrogen-bond acceptors (Lipinski definition) is 6. The lowest BCUT2D eigenvalue weighted by molar-refractivity contribution is -0.118. The van der Waals surface area contributed by atoms with Crippen molar-refractivity contribution in [1.82, 2.24) is 20.2 Å². The first kappa shape index (κ1) is 23.7. The number of rotatable bonds is 8. The molecule has 0 aliphatic heterocycles. The van der Waals surface area contributed by atoms with Crippen molar-refractivity contribution in [3.63, 3.8) is 0 Å². The Bertz CT molecular complexity index is 1310. The highest BCUT2D eigenvalue weighted by Crippen LogP contribution is 2.28. The summed E-state index contributed by atoms with van der Waals surface area (Å²) in [6, 6.07) is 23.5. The predicted molar refractivity (Wildman–Crippen MR) is 139 cm³/mol. The Balaban J connectivity index is 1.50. The lowest BCUT2D eigenvalue weighted by atomic mass is 10.2. The van der Waals surface area contributed by atoms with E-state index in [4.69, 9.17) is 4.74 Å². The van der Waals surface area contributed by atoms with Crippen molar-refractivity contribution in [1.29, 1.82) is 0 Å². The minimum Gasteiger partial charge on any atom is -0.496 e. The summed E-state index contributed by atoms with van der Waals surface area (Å²) >= 11 is 4.72. The Morgan fingerprint density at radius 2 is 1.88 bits per heavy atom. The molecule has 1 N–H and O–H groups in total. The molecule has 0 saturated heterocycles. The third-order valence-electron chi connectivity index (χ3n) is 4.87. The van der Waals surface area contributed by atoms with Crippen LogP contribution in [0, 0.1) is 6.92 Å². The fourth-order valence-corrected chi connectivity index (χ4v) is 4.33. The molecule has 3 aromatic carbocycles. The van der Waals surface area contributed by atoms with Crippen LogP contribution in [0.5, 0.6) is 5.75 Å². The second-order valence-electron chi connectivity index (χ2n) is 7.31. The first-order valence-electron chi connectivity index (χ1n) is 10.4. The van der Waals surface area contributed by atoms with Crippen LogP contribution in [0.2, 0.25) is 0 Å². The van der Waals surface area contributed by atoms with Gasteiger partial charge in [0.1, 0.15) is 5.75 Å². The van der Waals surface area contributed by atoms with Crippen LogP contribution >= 0.6 is 27.7 Å². The van der Waals surface area contributed by atoms with Crippen LogP contribution in [0.3, 0.4) is 0 Å². The van der Waals surface area contributed by atoms with Crippen LogP contribution in [-0.2, 0) is 4.79 Å². The number of hydrazone groups is 1. The zero-order valence-corrected chi connectivity index (χ0v) is 21.0. The smallest absolute Gasteiger partial charge is 0.250 e. The Morgan fingerprint density at radius 1 is 1.12 bits per heavy atom. The van der Waals surface area contributed by atoms with Gasteiger partial charge < -0.3 is 4.74 Å². The summed E-state index contributed by atoms with van der Waals surface area (Å²) in [7, 11) is 1.59. The molecule has 4 rings (SSSR count). The van der Waals surface area contributed by atoms with Crippen molar-refractivity contribution in [2.24, 2.45) is 5.10 Å². The molecule has 7 nitrogen and oxygen atoms in total. The highest BCUT2D eigenvalue weighted by molar-refractivity contribution is 9.10. The van der Waals surface area contributed by atoms with Crippen molar-refractivity contribution >= 4 is 39.8 Å². The van der Waals surface area contributed by atoms with E-state index in [1.54, 1.807) is 13.3 Å². The summed E-state index contributed by atoms with van der Waals surface area (Å²) in [4.78, 5) is 12.5. The number of ether oxygens (including phenoxy) is 1. The first-order valence-corrected chi connectivity index (χ1v) is 12.2. The number of methoxy groups -OCH3 is 1. The number of halogens is 1. The quantitative estimate of drug-likeness (QED) is 0.189. The van der Waals surface area contributed by atoms with E-state index in [1.165, 1.54) is 11.8 Å². The molecule has 34 heavy (non-hydrogen) atoms. The van der Waals surface area contributed by atoms with Gasteiger partial charge in [0, 0.05) is 21.3 Å². The van der Waals surface area contributed by atoms with Gasteiger partial charge in [0.2, 0.25) is 0 Å². The monoisotopic (exact) mass is 535 g/mol. The van der Waals surface area contributed by atoms with Gasteiger partial charge in [0.15, 0.2) is 11.0 Å². The number of carbonyl (C=O) groups is 1. The molecule has 1 amide bonds. The predicted octanol–water partition coefficient (Wildman–Crippen LogP) is 5.26. The topological polar surface area (TPSA) is 81.4 Å². The molecule has 0 saturated carbocycles. The molecule has 172 valence electrons. The number of aromatic nitrogens is 3. The third kappa shape index (κ3) is 5.73. The Morgan fingerprint density at radius 3 is 2.62 bits per heavy atom. The number of amides is 1. The van der Waals surface area contributed by atoms with Crippen LogP contribution in [0.15, 0.2) is 87.5 Å². The van der Waals surface area contributed by atoms with Gasteiger partial charge in [-0.1, -0.05) is 75.7 Å². The average molecular weight is 536 g/mol. The van der Waals surface area contributed by atoms with E-state index in [2.05, 4.69) is 36.7 Å². The van der Waals surface area contributed by atoms with Gasteiger partial charge in [-0.15, -0.1) is 10.2 Å². The summed E-state index contributed by atoms with van der Waals surface area (Å²) in [5, 5.41) is 13.4. The summed E-state index contributed by atoms with van der Waals surface area (Å²) < 4.78 is 8.17. The number of hydrogen-bond donors (Lipinski definition) is 1. The number of carbonyl (C=O) groups excluding carboxylic acids is 1. The van der Waals surface area contributed by atoms with E-state index in [-0.39, 0.29) is 11.7 Å². The standard InChI is InChI=1S/C25H22BrN5O2S/c1-17-8-11-21(12-9-17)31-24(18-6-4-3-5-7-18)29-30-25(31)34-16-23(32)28-27-15-19-14-20(26)10-13-22(19)33-2/h3-15H,16H2,1-2H3,(H,28,32)/b27-15-. The zero-order valence-electron chi connectivity index (χ0n) is 18.6. The number of nitrogens with one attached hydrogen (secondary N) is 1. The van der Waals surface area contributed by atoms with Gasteiger partial charge in [-0.3, -0.25) is 9.36 Å². The van der Waals surface area contributed by atoms with Crippen molar-refractivity contribution in [2.45, 2.75) is 12.1 Å². The van der Waals surface area contributed by atoms with Crippen LogP contribution < -0.4 is 10.2 Å². The molecular weight excluding hydrogens is 514 g/mol. The van der Waals surface area contributed by atoms with Gasteiger partial charge in [0.05, 0.1) is 19.1 Å². The molecule has 0 unspecified atom stereocenters. The first-order chi connectivity index (χ1) is 16.5. The number of nitrogens with zero attached hydrogens (tertiary/aromatic N) is 4. The molecule has 0 aliphatic carbocycles. The molecule has 1 aromatic heterocycles. The SMILES string of the molecule is COc1ccc(Br)cc1/C=N\NC(=O)CSc1nnc(-c2ccccc2)n1-c1ccc(C)cc1. The minimum absolute atomic E-state index is 0.131. The van der Waals surface area contributed by atoms with E-state index in [0.29, 0.717) is 16.7 Å². The van der Waals surface area contributed by atoms with Crippen LogP contribution in [0.4, 0.5) is 0 Å². The molecule has 0 bridgehead atoms. The second-order valence-corrected chi connectivity index (χ2v) is 9.17. The van der Waals surface area contributed by atoms with Gasteiger partial charge in [-0.2, -0.15) is 5.10 Å². The zero-order chi connectivity index (χ0) is 23.9. The van der Waals surface area contributed by atoms with E-state index >= 15 is 0 Å². The Kier molecular flexibility index (Phi) is 7.76. The molecule has 0 radical (unpaired) electrons. The van der Waals surface area contributed by atoms with E-state index in [1.807, 2.05) is 84.3 Å². The number of thioether (sulfide) groups is 1. The van der Waals surface area contributed by atoms with Gasteiger partial charge in [-0.05, 0) is 37.3 Å². The summed E-state index contributed by atoms with van der Waals surface area (Å²) in [5.74, 6) is 1.25. The molecule has 0 fully saturated rings. The summed E-state index contributed by atoms with van der Waals surface area (Å²) in [5.41, 5.74) is 6.34. The van der Waals surface area contributed by atoms with Crippen molar-refractivity contribution in [3.05, 3.63) is 88.4 Å². The van der Waals surface area contributed by atoms with Crippen molar-refractivity contribution in [2.75, 3.05) is 12.9 Å². The molecule has 0 atom stereocenters. The Labute approximate surface area is 210 Å². The van der Waals surface area contributed by atoms with E-state index in [9.17, 15) is 4.79 Å². The van der Waals surface area contributed by atoms with E-state index < -0.39 is 0 Å². The molecular formula is C25H22BrN5O2S. The maximum Gasteiger partial charge on any atom is 0.250 e. The fourth-order valence-electron chi connectivity index (χ4n) is 3.21. The number of aryl methyl sites for hydroxylation is 1. The maximum atomic E-state index is 12.5. The minimum atomic E-state index is -0.255. The van der Waals surface area contributed by atoms with Crippen LogP contribution in [-0.4, -0.2) is 39.7 Å². The molecule has 0 aliphatic rings. The molecule has 9 heteroatoms. The highest BCUT2D eigenvalue weighted by Gasteiger charge is 2.17. The normalized spacial score (nSPS) is 11.0. The summed E-state index contributed by atoms with van der Waals surface area (Å²) in [6.45, 7) is 2.04. The lowest BCUT2D eigenvalue weighted by Crippen LogP contribution is -2.20. The largest absolute Gasteiger partial charge is 0.496 e. The maximum absolute atomic E-state index is 12.5. The Hall–Kier alpha value is -3.43. The average Bonchev–Trinajstić information content (AvgIpc) is 3.28. The third-order valence-corrected chi connectivity index (χ3v) is 6.30. The molecule has 0 spiro atoms. The van der Waals surface area contributed by atoms with E-state index in [0.717, 1.165) is 26.9 Å². The second kappa shape index (κ2) is 11.1. The summed E-state index contributed by atoms with van der Waals surface area (Å²) in [6.07, 6.45) is 1.55. The van der Waals surface area contributed by atoms with Gasteiger partial charge in [-0.25, -0.2) is 5.43 Å². The highest BCUT2D eigenvalue weighted by atomic mass is 79.9. The fraction of sp³-hybridized carbons (Fsp3) is 0.120. The van der Waals surface area contributed by atoms with Gasteiger partial charge >= 0.3 is 0 Å². The van der Waals surface area contributed by atoms with Crippen molar-refractivity contribution < 1.29 is 9.53 Å². The lowest BCUT2D eigenvalue weighted by Gasteiger charge is -2.10. The molecule has 4 aromatic rings. The van der Waals surface area contributed by atoms with Crippen LogP contribution in [0.25, 0.3) is 17.1 Å². The van der Waals surface area contributed by atoms with Gasteiger partial charge in [0.25, 0.3) is 5.91 Å². The van der Waals surface area contributed by atoms with Crippen molar-refractivity contribution in [3.8, 4) is 22.8 Å².